The van der Waals surface area contributed by atoms with E-state index in [9.17, 15) is 9.18 Å². The molecule has 0 aromatic heterocycles. The van der Waals surface area contributed by atoms with Crippen LogP contribution >= 0.6 is 15.9 Å². The second-order valence-corrected chi connectivity index (χ2v) is 5.20. The van der Waals surface area contributed by atoms with Gasteiger partial charge in [-0.25, -0.2) is 9.18 Å². The number of rotatable bonds is 3. The van der Waals surface area contributed by atoms with Gasteiger partial charge in [0, 0.05) is 10.0 Å². The van der Waals surface area contributed by atoms with Crippen LogP contribution in [0.3, 0.4) is 0 Å². The quantitative estimate of drug-likeness (QED) is 0.842. The Kier molecular flexibility index (Phi) is 5.99. The van der Waals surface area contributed by atoms with E-state index < -0.39 is 6.09 Å². The Morgan fingerprint density at radius 3 is 2.73 bits per heavy atom. The molecule has 0 saturated carbocycles. The third kappa shape index (κ3) is 5.23. The summed E-state index contributed by atoms with van der Waals surface area (Å²) in [5.41, 5.74) is 1.57. The Hall–Kier alpha value is -2.32. The van der Waals surface area contributed by atoms with E-state index in [1.54, 1.807) is 6.07 Å². The fourth-order valence-electron chi connectivity index (χ4n) is 1.62. The molecule has 22 heavy (non-hydrogen) atoms. The van der Waals surface area contributed by atoms with Crippen LogP contribution in [0.2, 0.25) is 0 Å². The van der Waals surface area contributed by atoms with E-state index in [0.29, 0.717) is 10.0 Å². The molecule has 2 rings (SSSR count). The summed E-state index contributed by atoms with van der Waals surface area (Å²) in [4.78, 5) is 11.5. The average Bonchev–Trinajstić information content (AvgIpc) is 2.52. The second kappa shape index (κ2) is 8.20. The molecular formula is C17H13BrFNO2. The van der Waals surface area contributed by atoms with Gasteiger partial charge in [-0.05, 0) is 39.7 Å². The van der Waals surface area contributed by atoms with Crippen molar-refractivity contribution in [1.29, 1.82) is 0 Å². The molecule has 0 atom stereocenters. The summed E-state index contributed by atoms with van der Waals surface area (Å²) in [6, 6.07) is 13.6. The van der Waals surface area contributed by atoms with Gasteiger partial charge in [0.15, 0.2) is 0 Å². The molecule has 0 aliphatic rings. The topological polar surface area (TPSA) is 38.3 Å². The van der Waals surface area contributed by atoms with Crippen molar-refractivity contribution in [3.05, 3.63) is 69.9 Å². The Bertz CT molecular complexity index is 708. The van der Waals surface area contributed by atoms with Crippen LogP contribution in [-0.2, 0) is 11.3 Å². The first-order valence-electron chi connectivity index (χ1n) is 6.53. The number of carbonyl (C=O) groups is 1. The Balaban J connectivity index is 1.76. The van der Waals surface area contributed by atoms with Crippen LogP contribution in [0, 0.1) is 17.7 Å². The maximum atomic E-state index is 12.9. The van der Waals surface area contributed by atoms with Crippen molar-refractivity contribution >= 4 is 22.0 Å². The van der Waals surface area contributed by atoms with Crippen molar-refractivity contribution in [2.24, 2.45) is 0 Å². The number of alkyl carbamates (subject to hydrolysis) is 1. The summed E-state index contributed by atoms with van der Waals surface area (Å²) in [6.45, 7) is 0.362. The van der Waals surface area contributed by atoms with Crippen LogP contribution < -0.4 is 5.32 Å². The van der Waals surface area contributed by atoms with Gasteiger partial charge in [-0.3, -0.25) is 0 Å². The molecule has 112 valence electrons. The molecule has 0 bridgehead atoms. The van der Waals surface area contributed by atoms with E-state index in [1.165, 1.54) is 12.1 Å². The number of nitrogens with one attached hydrogen (secondary N) is 1. The summed E-state index contributed by atoms with van der Waals surface area (Å²) in [6.07, 6.45) is -0.531. The Morgan fingerprint density at radius 2 is 2.00 bits per heavy atom. The lowest BCUT2D eigenvalue weighted by molar-refractivity contribution is 0.141. The van der Waals surface area contributed by atoms with Crippen molar-refractivity contribution in [3.8, 4) is 11.8 Å². The highest BCUT2D eigenvalue weighted by molar-refractivity contribution is 9.10. The van der Waals surface area contributed by atoms with Crippen LogP contribution in [-0.4, -0.2) is 12.6 Å². The van der Waals surface area contributed by atoms with Crippen LogP contribution in [0.15, 0.2) is 53.0 Å². The van der Waals surface area contributed by atoms with Crippen molar-refractivity contribution in [2.75, 3.05) is 6.54 Å². The van der Waals surface area contributed by atoms with E-state index in [-0.39, 0.29) is 19.0 Å². The Labute approximate surface area is 136 Å². The second-order valence-electron chi connectivity index (χ2n) is 4.34. The average molecular weight is 362 g/mol. The van der Waals surface area contributed by atoms with Crippen molar-refractivity contribution in [1.82, 2.24) is 5.32 Å². The molecule has 3 nitrogen and oxygen atoms in total. The van der Waals surface area contributed by atoms with Gasteiger partial charge in [-0.2, -0.15) is 0 Å². The molecule has 0 heterocycles. The highest BCUT2D eigenvalue weighted by Crippen LogP contribution is 2.16. The Morgan fingerprint density at radius 1 is 1.23 bits per heavy atom. The number of hydrogen-bond donors (Lipinski definition) is 1. The third-order valence-electron chi connectivity index (χ3n) is 2.69. The lowest BCUT2D eigenvalue weighted by atomic mass is 10.2. The number of ether oxygens (including phenoxy) is 1. The molecule has 0 aliphatic heterocycles. The predicted molar refractivity (Wildman–Crippen MR) is 85.6 cm³/mol. The molecule has 5 heteroatoms. The van der Waals surface area contributed by atoms with Gasteiger partial charge in [0.1, 0.15) is 12.4 Å². The lowest BCUT2D eigenvalue weighted by Crippen LogP contribution is -2.24. The van der Waals surface area contributed by atoms with Crippen LogP contribution in [0.5, 0.6) is 0 Å². The minimum Gasteiger partial charge on any atom is -0.445 e. The highest BCUT2D eigenvalue weighted by atomic mass is 79.9. The van der Waals surface area contributed by atoms with Crippen molar-refractivity contribution in [3.63, 3.8) is 0 Å². The van der Waals surface area contributed by atoms with Gasteiger partial charge < -0.3 is 10.1 Å². The minimum absolute atomic E-state index is 0.150. The summed E-state index contributed by atoms with van der Waals surface area (Å²) in [5, 5.41) is 2.53. The van der Waals surface area contributed by atoms with E-state index >= 15 is 0 Å². The van der Waals surface area contributed by atoms with E-state index in [0.717, 1.165) is 5.56 Å². The zero-order valence-corrected chi connectivity index (χ0v) is 13.2. The lowest BCUT2D eigenvalue weighted by Gasteiger charge is -2.04. The van der Waals surface area contributed by atoms with Crippen LogP contribution in [0.4, 0.5) is 9.18 Å². The normalized spacial score (nSPS) is 9.55. The summed E-state index contributed by atoms with van der Waals surface area (Å²) in [5.74, 6) is 5.28. The standard InChI is InChI=1S/C17H13BrFNO2/c18-16-11-15(19)9-8-14(16)7-4-10-20-17(21)22-12-13-5-2-1-3-6-13/h1-3,5-6,8-9,11H,10,12H2,(H,20,21). The smallest absolute Gasteiger partial charge is 0.408 e. The number of carbonyl (C=O) groups excluding carboxylic acids is 1. The molecule has 0 aliphatic carbocycles. The molecule has 0 spiro atoms. The maximum absolute atomic E-state index is 12.9. The fourth-order valence-corrected chi connectivity index (χ4v) is 2.07. The molecular weight excluding hydrogens is 349 g/mol. The molecule has 0 radical (unpaired) electrons. The fraction of sp³-hybridized carbons (Fsp3) is 0.118. The van der Waals surface area contributed by atoms with Gasteiger partial charge in [0.2, 0.25) is 0 Å². The molecule has 0 saturated heterocycles. The number of halogens is 2. The van der Waals surface area contributed by atoms with Gasteiger partial charge in [-0.15, -0.1) is 0 Å². The summed E-state index contributed by atoms with van der Waals surface area (Å²) < 4.78 is 18.5. The van der Waals surface area contributed by atoms with E-state index in [1.807, 2.05) is 30.3 Å². The number of benzene rings is 2. The van der Waals surface area contributed by atoms with Gasteiger partial charge in [0.05, 0.1) is 6.54 Å². The van der Waals surface area contributed by atoms with Gasteiger partial charge in [0.25, 0.3) is 0 Å². The first-order valence-corrected chi connectivity index (χ1v) is 7.33. The summed E-state index contributed by atoms with van der Waals surface area (Å²) in [7, 11) is 0. The largest absolute Gasteiger partial charge is 0.445 e. The van der Waals surface area contributed by atoms with Crippen LogP contribution in [0.1, 0.15) is 11.1 Å². The molecule has 0 unspecified atom stereocenters. The molecule has 0 fully saturated rings. The number of hydrogen-bond acceptors (Lipinski definition) is 2. The predicted octanol–water partition coefficient (Wildman–Crippen LogP) is 3.87. The first kappa shape index (κ1) is 16.1. The maximum Gasteiger partial charge on any atom is 0.408 e. The summed E-state index contributed by atoms with van der Waals surface area (Å²) >= 11 is 3.22. The van der Waals surface area contributed by atoms with Crippen molar-refractivity contribution in [2.45, 2.75) is 6.61 Å². The minimum atomic E-state index is -0.531. The van der Waals surface area contributed by atoms with Gasteiger partial charge >= 0.3 is 6.09 Å². The zero-order valence-electron chi connectivity index (χ0n) is 11.6. The molecule has 2 aromatic carbocycles. The van der Waals surface area contributed by atoms with Crippen LogP contribution in [0.25, 0.3) is 0 Å². The van der Waals surface area contributed by atoms with Crippen molar-refractivity contribution < 1.29 is 13.9 Å². The highest BCUT2D eigenvalue weighted by Gasteiger charge is 2.01. The molecule has 2 aromatic rings. The van der Waals surface area contributed by atoms with E-state index in [4.69, 9.17) is 4.74 Å². The monoisotopic (exact) mass is 361 g/mol. The molecule has 1 N–H and O–H groups in total. The van der Waals surface area contributed by atoms with E-state index in [2.05, 4.69) is 33.1 Å². The SMILES string of the molecule is O=C(NCC#Cc1ccc(F)cc1Br)OCc1ccccc1. The first-order chi connectivity index (χ1) is 10.6. The third-order valence-corrected chi connectivity index (χ3v) is 3.34. The molecule has 1 amide bonds. The number of amides is 1. The van der Waals surface area contributed by atoms with Gasteiger partial charge in [-0.1, -0.05) is 42.2 Å². The zero-order chi connectivity index (χ0) is 15.8.